The van der Waals surface area contributed by atoms with E-state index in [9.17, 15) is 0 Å². The van der Waals surface area contributed by atoms with Crippen LogP contribution in [0.4, 0.5) is 5.69 Å². The van der Waals surface area contributed by atoms with Gasteiger partial charge in [0.15, 0.2) is 0 Å². The van der Waals surface area contributed by atoms with Gasteiger partial charge in [-0.25, -0.2) is 0 Å². The summed E-state index contributed by atoms with van der Waals surface area (Å²) in [7, 11) is 2.04. The van der Waals surface area contributed by atoms with E-state index < -0.39 is 0 Å². The van der Waals surface area contributed by atoms with Gasteiger partial charge in [-0.05, 0) is 18.2 Å². The maximum atomic E-state index is 8.76. The summed E-state index contributed by atoms with van der Waals surface area (Å²) in [6, 6.07) is 8.13. The molecule has 0 bridgehead atoms. The van der Waals surface area contributed by atoms with Crippen LogP contribution in [0.15, 0.2) is 18.2 Å². The van der Waals surface area contributed by atoms with Crippen molar-refractivity contribution >= 4 is 17.3 Å². The smallest absolute Gasteiger partial charge is 0.101 e. The van der Waals surface area contributed by atoms with Crippen LogP contribution in [0, 0.1) is 11.3 Å². The number of hydrogen-bond acceptors (Lipinski definition) is 3. The van der Waals surface area contributed by atoms with Crippen LogP contribution in [-0.2, 0) is 0 Å². The summed E-state index contributed by atoms with van der Waals surface area (Å²) in [6.07, 6.45) is 0. The normalized spacial score (nSPS) is 15.5. The SMILES string of the molecule is CN(c1ccc(C#N)c(Cl)c1)C1CNC1. The Bertz CT molecular complexity index is 407. The molecule has 0 atom stereocenters. The second-order valence-corrected chi connectivity index (χ2v) is 4.11. The van der Waals surface area contributed by atoms with Gasteiger partial charge >= 0.3 is 0 Å². The molecule has 1 heterocycles. The lowest BCUT2D eigenvalue weighted by Gasteiger charge is -2.37. The lowest BCUT2D eigenvalue weighted by atomic mass is 10.1. The van der Waals surface area contributed by atoms with Gasteiger partial charge in [0.2, 0.25) is 0 Å². The summed E-state index contributed by atoms with van der Waals surface area (Å²) in [4.78, 5) is 2.18. The van der Waals surface area contributed by atoms with E-state index in [4.69, 9.17) is 16.9 Å². The monoisotopic (exact) mass is 221 g/mol. The summed E-state index contributed by atoms with van der Waals surface area (Å²) in [5.41, 5.74) is 1.59. The van der Waals surface area contributed by atoms with E-state index in [1.165, 1.54) is 0 Å². The van der Waals surface area contributed by atoms with Gasteiger partial charge in [0, 0.05) is 25.8 Å². The van der Waals surface area contributed by atoms with Crippen molar-refractivity contribution in [2.75, 3.05) is 25.0 Å². The topological polar surface area (TPSA) is 39.1 Å². The van der Waals surface area contributed by atoms with Gasteiger partial charge in [0.05, 0.1) is 16.6 Å². The van der Waals surface area contributed by atoms with Crippen molar-refractivity contribution < 1.29 is 0 Å². The number of nitrogens with one attached hydrogen (secondary N) is 1. The number of nitriles is 1. The molecule has 0 unspecified atom stereocenters. The van der Waals surface area contributed by atoms with Crippen LogP contribution < -0.4 is 10.2 Å². The second kappa shape index (κ2) is 4.09. The number of nitrogens with zero attached hydrogens (tertiary/aromatic N) is 2. The highest BCUT2D eigenvalue weighted by Gasteiger charge is 2.21. The predicted octanol–water partition coefficient (Wildman–Crippen LogP) is 1.62. The van der Waals surface area contributed by atoms with Crippen LogP contribution in [0.1, 0.15) is 5.56 Å². The molecule has 0 radical (unpaired) electrons. The van der Waals surface area contributed by atoms with E-state index in [2.05, 4.69) is 16.3 Å². The van der Waals surface area contributed by atoms with E-state index in [0.29, 0.717) is 16.6 Å². The van der Waals surface area contributed by atoms with Gasteiger partial charge in [0.25, 0.3) is 0 Å². The van der Waals surface area contributed by atoms with Crippen molar-refractivity contribution in [2.45, 2.75) is 6.04 Å². The molecule has 1 aromatic carbocycles. The average Bonchev–Trinajstić information content (AvgIpc) is 2.15. The third-order valence-electron chi connectivity index (χ3n) is 2.79. The molecule has 1 N–H and O–H groups in total. The van der Waals surface area contributed by atoms with Gasteiger partial charge in [-0.1, -0.05) is 11.6 Å². The minimum atomic E-state index is 0.522. The van der Waals surface area contributed by atoms with Gasteiger partial charge < -0.3 is 10.2 Å². The lowest BCUT2D eigenvalue weighted by Crippen LogP contribution is -2.56. The molecule has 0 amide bonds. The molecule has 2 rings (SSSR count). The predicted molar refractivity (Wildman–Crippen MR) is 61.2 cm³/mol. The minimum Gasteiger partial charge on any atom is -0.369 e. The number of halogens is 1. The Morgan fingerprint density at radius 1 is 1.53 bits per heavy atom. The minimum absolute atomic E-state index is 0.522. The maximum Gasteiger partial charge on any atom is 0.101 e. The number of likely N-dealkylation sites (N-methyl/N-ethyl adjacent to an activating group) is 1. The van der Waals surface area contributed by atoms with Crippen molar-refractivity contribution in [3.63, 3.8) is 0 Å². The molecule has 1 aliphatic heterocycles. The Balaban J connectivity index is 2.22. The number of rotatable bonds is 2. The number of anilines is 1. The maximum absolute atomic E-state index is 8.76. The molecule has 4 heteroatoms. The van der Waals surface area contributed by atoms with Gasteiger partial charge in [-0.3, -0.25) is 0 Å². The molecule has 1 fully saturated rings. The number of hydrogen-bond donors (Lipinski definition) is 1. The Morgan fingerprint density at radius 2 is 2.27 bits per heavy atom. The molecule has 1 aliphatic rings. The first-order chi connectivity index (χ1) is 7.22. The van der Waals surface area contributed by atoms with E-state index in [-0.39, 0.29) is 0 Å². The van der Waals surface area contributed by atoms with Gasteiger partial charge in [-0.2, -0.15) is 5.26 Å². The van der Waals surface area contributed by atoms with Gasteiger partial charge in [0.1, 0.15) is 6.07 Å². The fourth-order valence-corrected chi connectivity index (χ4v) is 1.79. The molecule has 0 aliphatic carbocycles. The average molecular weight is 222 g/mol. The van der Waals surface area contributed by atoms with Crippen LogP contribution in [-0.4, -0.2) is 26.2 Å². The summed E-state index contributed by atoms with van der Waals surface area (Å²) in [5, 5.41) is 12.5. The van der Waals surface area contributed by atoms with Crippen molar-refractivity contribution in [3.05, 3.63) is 28.8 Å². The van der Waals surface area contributed by atoms with Crippen LogP contribution in [0.3, 0.4) is 0 Å². The molecule has 0 spiro atoms. The standard InChI is InChI=1S/C11H12ClN3/c1-15(10-6-14-7-10)9-3-2-8(5-13)11(12)4-9/h2-4,10,14H,6-7H2,1H3. The van der Waals surface area contributed by atoms with E-state index in [0.717, 1.165) is 18.8 Å². The Morgan fingerprint density at radius 3 is 2.73 bits per heavy atom. The van der Waals surface area contributed by atoms with E-state index in [1.807, 2.05) is 19.2 Å². The first-order valence-corrected chi connectivity index (χ1v) is 5.23. The second-order valence-electron chi connectivity index (χ2n) is 3.70. The highest BCUT2D eigenvalue weighted by Crippen LogP contribution is 2.24. The molecule has 3 nitrogen and oxygen atoms in total. The van der Waals surface area contributed by atoms with Crippen molar-refractivity contribution in [2.24, 2.45) is 0 Å². The van der Waals surface area contributed by atoms with Crippen LogP contribution in [0.25, 0.3) is 0 Å². The highest BCUT2D eigenvalue weighted by atomic mass is 35.5. The van der Waals surface area contributed by atoms with Crippen LogP contribution in [0.2, 0.25) is 5.02 Å². The molecule has 1 aromatic rings. The first kappa shape index (κ1) is 10.3. The molecule has 1 saturated heterocycles. The van der Waals surface area contributed by atoms with Crippen molar-refractivity contribution in [3.8, 4) is 6.07 Å². The van der Waals surface area contributed by atoms with E-state index in [1.54, 1.807) is 6.07 Å². The third-order valence-corrected chi connectivity index (χ3v) is 3.10. The van der Waals surface area contributed by atoms with Crippen molar-refractivity contribution in [1.82, 2.24) is 5.32 Å². The fourth-order valence-electron chi connectivity index (χ4n) is 1.57. The fraction of sp³-hybridized carbons (Fsp3) is 0.364. The van der Waals surface area contributed by atoms with E-state index >= 15 is 0 Å². The summed E-state index contributed by atoms with van der Waals surface area (Å²) < 4.78 is 0. The molecule has 15 heavy (non-hydrogen) atoms. The van der Waals surface area contributed by atoms with Crippen LogP contribution in [0.5, 0.6) is 0 Å². The van der Waals surface area contributed by atoms with Crippen molar-refractivity contribution in [1.29, 1.82) is 5.26 Å². The Kier molecular flexibility index (Phi) is 2.81. The molecular formula is C11H12ClN3. The molecule has 78 valence electrons. The quantitative estimate of drug-likeness (QED) is 0.825. The molecule has 0 saturated carbocycles. The summed E-state index contributed by atoms with van der Waals surface area (Å²) in [5.74, 6) is 0. The molecular weight excluding hydrogens is 210 g/mol. The number of benzene rings is 1. The Labute approximate surface area is 94.3 Å². The molecule has 0 aromatic heterocycles. The lowest BCUT2D eigenvalue weighted by molar-refractivity contribution is 0.429. The zero-order chi connectivity index (χ0) is 10.8. The zero-order valence-corrected chi connectivity index (χ0v) is 9.25. The van der Waals surface area contributed by atoms with Crippen LogP contribution >= 0.6 is 11.6 Å². The first-order valence-electron chi connectivity index (χ1n) is 4.85. The highest BCUT2D eigenvalue weighted by molar-refractivity contribution is 6.32. The zero-order valence-electron chi connectivity index (χ0n) is 8.50. The van der Waals surface area contributed by atoms with Gasteiger partial charge in [-0.15, -0.1) is 0 Å². The third kappa shape index (κ3) is 1.92. The Hall–Kier alpha value is -1.24. The summed E-state index contributed by atoms with van der Waals surface area (Å²) >= 11 is 5.97. The largest absolute Gasteiger partial charge is 0.369 e. The summed E-state index contributed by atoms with van der Waals surface area (Å²) in [6.45, 7) is 2.02.